The van der Waals surface area contributed by atoms with E-state index in [0.717, 1.165) is 12.2 Å². The van der Waals surface area contributed by atoms with Gasteiger partial charge >= 0.3 is 0 Å². The van der Waals surface area contributed by atoms with Crippen LogP contribution in [-0.4, -0.2) is 16.8 Å². The number of nitrogens with zero attached hydrogens (tertiary/aromatic N) is 1. The number of rotatable bonds is 5. The molecule has 1 heterocycles. The van der Waals surface area contributed by atoms with Gasteiger partial charge in [0, 0.05) is 6.42 Å². The van der Waals surface area contributed by atoms with Crippen molar-refractivity contribution in [2.75, 3.05) is 6.61 Å². The van der Waals surface area contributed by atoms with Gasteiger partial charge in [0.05, 0.1) is 6.61 Å². The highest BCUT2D eigenvalue weighted by Crippen LogP contribution is 2.22. The molecule has 2 aromatic rings. The van der Waals surface area contributed by atoms with Crippen molar-refractivity contribution < 1.29 is 9.15 Å². The Morgan fingerprint density at radius 3 is 2.67 bits per heavy atom. The molecule has 0 fully saturated rings. The number of aromatic nitrogens is 2. The Bertz CT molecular complexity index is 545. The summed E-state index contributed by atoms with van der Waals surface area (Å²) in [5, 5.41) is 6.64. The van der Waals surface area contributed by atoms with Crippen LogP contribution in [0.3, 0.4) is 0 Å². The van der Waals surface area contributed by atoms with E-state index in [9.17, 15) is 0 Å². The number of hydrogen-bond donors (Lipinski definition) is 1. The van der Waals surface area contributed by atoms with Gasteiger partial charge in [-0.05, 0) is 42.8 Å². The fraction of sp³-hybridized carbons (Fsp3) is 0.385. The van der Waals surface area contributed by atoms with Crippen LogP contribution in [0.25, 0.3) is 0 Å². The van der Waals surface area contributed by atoms with Gasteiger partial charge in [-0.25, -0.2) is 5.10 Å². The summed E-state index contributed by atoms with van der Waals surface area (Å²) in [5.74, 6) is 1.86. The number of aromatic amines is 1. The molecule has 1 unspecified atom stereocenters. The largest absolute Gasteiger partial charge is 0.494 e. The molecule has 0 saturated carbocycles. The van der Waals surface area contributed by atoms with E-state index in [1.54, 1.807) is 0 Å². The van der Waals surface area contributed by atoms with Crippen molar-refractivity contribution in [2.45, 2.75) is 26.2 Å². The molecule has 0 saturated heterocycles. The molecular formula is C13H16N2O2S. The summed E-state index contributed by atoms with van der Waals surface area (Å²) in [6.45, 7) is 4.79. The molecular weight excluding hydrogens is 248 g/mol. The maximum Gasteiger partial charge on any atom is 0.284 e. The fourth-order valence-electron chi connectivity index (χ4n) is 1.79. The van der Waals surface area contributed by atoms with E-state index in [2.05, 4.69) is 29.3 Å². The van der Waals surface area contributed by atoms with Crippen LogP contribution in [0.1, 0.15) is 31.2 Å². The van der Waals surface area contributed by atoms with E-state index < -0.39 is 0 Å². The average Bonchev–Trinajstić information content (AvgIpc) is 2.76. The van der Waals surface area contributed by atoms with E-state index in [-0.39, 0.29) is 0 Å². The van der Waals surface area contributed by atoms with E-state index in [0.29, 0.717) is 23.3 Å². The van der Waals surface area contributed by atoms with Gasteiger partial charge in [-0.15, -0.1) is 5.10 Å². The predicted octanol–water partition coefficient (Wildman–Crippen LogP) is 3.48. The molecule has 1 aromatic carbocycles. The highest BCUT2D eigenvalue weighted by Gasteiger charge is 2.10. The molecule has 0 aliphatic heterocycles. The van der Waals surface area contributed by atoms with Gasteiger partial charge in [-0.2, -0.15) is 0 Å². The predicted molar refractivity (Wildman–Crippen MR) is 71.4 cm³/mol. The van der Waals surface area contributed by atoms with Crippen molar-refractivity contribution >= 4 is 12.2 Å². The zero-order valence-corrected chi connectivity index (χ0v) is 11.3. The third-order valence-electron chi connectivity index (χ3n) is 2.72. The molecule has 1 atom stereocenters. The Kier molecular flexibility index (Phi) is 4.15. The van der Waals surface area contributed by atoms with Crippen LogP contribution in [0.15, 0.2) is 28.7 Å². The lowest BCUT2D eigenvalue weighted by molar-refractivity contribution is 0.340. The van der Waals surface area contributed by atoms with Crippen molar-refractivity contribution in [1.29, 1.82) is 0 Å². The molecule has 1 aromatic heterocycles. The van der Waals surface area contributed by atoms with E-state index in [4.69, 9.17) is 21.4 Å². The normalized spacial score (nSPS) is 12.3. The summed E-state index contributed by atoms with van der Waals surface area (Å²) in [4.78, 5) is 0.323. The zero-order valence-electron chi connectivity index (χ0n) is 10.5. The molecule has 2 rings (SSSR count). The Morgan fingerprint density at radius 2 is 2.11 bits per heavy atom. The summed E-state index contributed by atoms with van der Waals surface area (Å²) >= 11 is 4.85. The second-order valence-corrected chi connectivity index (χ2v) is 4.48. The maximum absolute atomic E-state index is 5.41. The van der Waals surface area contributed by atoms with Gasteiger partial charge in [0.1, 0.15) is 5.75 Å². The monoisotopic (exact) mass is 264 g/mol. The molecule has 0 aliphatic rings. The molecule has 4 nitrogen and oxygen atoms in total. The quantitative estimate of drug-likeness (QED) is 0.840. The minimum atomic E-state index is 0.321. The first kappa shape index (κ1) is 12.8. The summed E-state index contributed by atoms with van der Waals surface area (Å²) < 4.78 is 10.7. The molecule has 1 N–H and O–H groups in total. The molecule has 0 spiro atoms. The summed E-state index contributed by atoms with van der Waals surface area (Å²) in [7, 11) is 0. The first-order valence-electron chi connectivity index (χ1n) is 5.96. The minimum absolute atomic E-state index is 0.321. The van der Waals surface area contributed by atoms with Crippen LogP contribution in [0.5, 0.6) is 5.75 Å². The third-order valence-corrected chi connectivity index (χ3v) is 2.90. The molecule has 0 amide bonds. The third kappa shape index (κ3) is 3.20. The van der Waals surface area contributed by atoms with Crippen LogP contribution in [0, 0.1) is 4.84 Å². The van der Waals surface area contributed by atoms with Crippen LogP contribution in [0.2, 0.25) is 0 Å². The van der Waals surface area contributed by atoms with E-state index >= 15 is 0 Å². The Balaban J connectivity index is 2.04. The number of benzene rings is 1. The van der Waals surface area contributed by atoms with Crippen molar-refractivity contribution in [3.63, 3.8) is 0 Å². The lowest BCUT2D eigenvalue weighted by Crippen LogP contribution is -1.99. The highest BCUT2D eigenvalue weighted by molar-refractivity contribution is 7.71. The maximum atomic E-state index is 5.41. The number of H-pyrrole nitrogens is 1. The molecule has 5 heteroatoms. The van der Waals surface area contributed by atoms with Gasteiger partial charge in [0.25, 0.3) is 4.84 Å². The molecule has 0 aliphatic carbocycles. The average molecular weight is 264 g/mol. The first-order chi connectivity index (χ1) is 8.69. The van der Waals surface area contributed by atoms with Crippen molar-refractivity contribution in [3.8, 4) is 5.75 Å². The van der Waals surface area contributed by atoms with Crippen LogP contribution in [-0.2, 0) is 6.42 Å². The second kappa shape index (κ2) is 5.82. The van der Waals surface area contributed by atoms with E-state index in [1.165, 1.54) is 5.56 Å². The topological polar surface area (TPSA) is 51.0 Å². The number of hydrogen-bond acceptors (Lipinski definition) is 4. The van der Waals surface area contributed by atoms with Crippen molar-refractivity contribution in [2.24, 2.45) is 0 Å². The Morgan fingerprint density at radius 1 is 1.39 bits per heavy atom. The Hall–Kier alpha value is -1.62. The van der Waals surface area contributed by atoms with Gasteiger partial charge in [0.2, 0.25) is 5.89 Å². The van der Waals surface area contributed by atoms with Crippen LogP contribution < -0.4 is 4.74 Å². The smallest absolute Gasteiger partial charge is 0.284 e. The summed E-state index contributed by atoms with van der Waals surface area (Å²) in [6, 6.07) is 8.10. The standard InChI is InChI=1S/C13H16N2O2S/c1-3-16-11-6-4-10(5-7-11)9(2)8-12-14-15-13(18)17-12/h4-7,9H,3,8H2,1-2H3,(H,15,18). The van der Waals surface area contributed by atoms with Gasteiger partial charge < -0.3 is 9.15 Å². The molecule has 18 heavy (non-hydrogen) atoms. The first-order valence-corrected chi connectivity index (χ1v) is 6.37. The minimum Gasteiger partial charge on any atom is -0.494 e. The lowest BCUT2D eigenvalue weighted by atomic mass is 9.98. The molecule has 0 radical (unpaired) electrons. The summed E-state index contributed by atoms with van der Waals surface area (Å²) in [6.07, 6.45) is 0.723. The van der Waals surface area contributed by atoms with Crippen LogP contribution in [0.4, 0.5) is 0 Å². The fourth-order valence-corrected chi connectivity index (χ4v) is 1.93. The second-order valence-electron chi connectivity index (χ2n) is 4.11. The zero-order chi connectivity index (χ0) is 13.0. The number of ether oxygens (including phenoxy) is 1. The van der Waals surface area contributed by atoms with Crippen molar-refractivity contribution in [1.82, 2.24) is 10.2 Å². The van der Waals surface area contributed by atoms with E-state index in [1.807, 2.05) is 19.1 Å². The Labute approximate surface area is 111 Å². The number of nitrogens with one attached hydrogen (secondary N) is 1. The van der Waals surface area contributed by atoms with Gasteiger partial charge in [-0.3, -0.25) is 0 Å². The summed E-state index contributed by atoms with van der Waals surface area (Å²) in [5.41, 5.74) is 1.22. The van der Waals surface area contributed by atoms with Crippen LogP contribution >= 0.6 is 12.2 Å². The van der Waals surface area contributed by atoms with Gasteiger partial charge in [-0.1, -0.05) is 19.1 Å². The molecule has 0 bridgehead atoms. The lowest BCUT2D eigenvalue weighted by Gasteiger charge is -2.10. The van der Waals surface area contributed by atoms with Crippen molar-refractivity contribution in [3.05, 3.63) is 40.6 Å². The molecule has 96 valence electrons. The SMILES string of the molecule is CCOc1ccc(C(C)Cc2n[nH]c(=S)o2)cc1. The highest BCUT2D eigenvalue weighted by atomic mass is 32.1. The van der Waals surface area contributed by atoms with Gasteiger partial charge in [0.15, 0.2) is 0 Å².